The molecular formula is C33H38N4O6. The minimum atomic E-state index is -0.967. The molecule has 4 rings (SSSR count). The Hall–Kier alpha value is -4.86. The summed E-state index contributed by atoms with van der Waals surface area (Å²) in [6, 6.07) is 22.3. The van der Waals surface area contributed by atoms with Gasteiger partial charge < -0.3 is 30.3 Å². The molecule has 0 heterocycles. The van der Waals surface area contributed by atoms with Gasteiger partial charge in [0.25, 0.3) is 5.91 Å². The summed E-state index contributed by atoms with van der Waals surface area (Å²) in [6.07, 6.45) is 5.37. The molecule has 3 aromatic rings. The van der Waals surface area contributed by atoms with Crippen molar-refractivity contribution < 1.29 is 29.0 Å². The lowest BCUT2D eigenvalue weighted by Crippen LogP contribution is -2.42. The van der Waals surface area contributed by atoms with E-state index in [2.05, 4.69) is 10.6 Å². The molecule has 10 heteroatoms. The Kier molecular flexibility index (Phi) is 11.1. The second-order valence-corrected chi connectivity index (χ2v) is 10.6. The maximum absolute atomic E-state index is 13.4. The van der Waals surface area contributed by atoms with Crippen LogP contribution in [-0.2, 0) is 20.8 Å². The van der Waals surface area contributed by atoms with Crippen molar-refractivity contribution in [2.45, 2.75) is 38.5 Å². The molecule has 0 aromatic heterocycles. The van der Waals surface area contributed by atoms with Gasteiger partial charge in [0.2, 0.25) is 5.91 Å². The van der Waals surface area contributed by atoms with Crippen molar-refractivity contribution in [3.63, 3.8) is 0 Å². The SMILES string of the molecule is CN(C(=O)COc1cccc(N(CCC2CCCC2)C(=O)CNC(=O)Nc2cccc(CC(=O)O)c2)c1)c1ccccc1. The molecule has 1 fully saturated rings. The molecule has 0 spiro atoms. The molecule has 0 radical (unpaired) electrons. The number of carboxylic acid groups (broad SMARTS) is 1. The number of likely N-dealkylation sites (N-methyl/N-ethyl adjacent to an activating group) is 1. The van der Waals surface area contributed by atoms with Crippen LogP contribution in [-0.4, -0.2) is 55.7 Å². The predicted octanol–water partition coefficient (Wildman–Crippen LogP) is 5.09. The van der Waals surface area contributed by atoms with E-state index in [9.17, 15) is 19.2 Å². The molecule has 3 aromatic carbocycles. The highest BCUT2D eigenvalue weighted by Crippen LogP contribution is 2.29. The number of benzene rings is 3. The number of rotatable bonds is 13. The van der Waals surface area contributed by atoms with Crippen LogP contribution < -0.4 is 25.2 Å². The predicted molar refractivity (Wildman–Crippen MR) is 166 cm³/mol. The molecule has 3 N–H and O–H groups in total. The van der Waals surface area contributed by atoms with Gasteiger partial charge in [-0.25, -0.2) is 4.79 Å². The number of hydrogen-bond acceptors (Lipinski definition) is 5. The lowest BCUT2D eigenvalue weighted by atomic mass is 10.0. The first-order valence-electron chi connectivity index (χ1n) is 14.5. The smallest absolute Gasteiger partial charge is 0.319 e. The number of para-hydroxylation sites is 1. The van der Waals surface area contributed by atoms with Crippen LogP contribution in [0.5, 0.6) is 5.75 Å². The van der Waals surface area contributed by atoms with Crippen LogP contribution in [0.1, 0.15) is 37.7 Å². The van der Waals surface area contributed by atoms with Crippen molar-refractivity contribution >= 4 is 40.9 Å². The number of aliphatic carboxylic acids is 1. The van der Waals surface area contributed by atoms with Gasteiger partial charge in [0.15, 0.2) is 6.61 Å². The van der Waals surface area contributed by atoms with Gasteiger partial charge in [0, 0.05) is 36.7 Å². The largest absolute Gasteiger partial charge is 0.484 e. The minimum absolute atomic E-state index is 0.160. The van der Waals surface area contributed by atoms with Gasteiger partial charge in [-0.3, -0.25) is 14.4 Å². The Morgan fingerprint density at radius 1 is 0.884 bits per heavy atom. The number of nitrogens with one attached hydrogen (secondary N) is 2. The number of carbonyl (C=O) groups is 4. The highest BCUT2D eigenvalue weighted by molar-refractivity contribution is 5.98. The summed E-state index contributed by atoms with van der Waals surface area (Å²) in [7, 11) is 1.69. The van der Waals surface area contributed by atoms with Crippen LogP contribution in [0.25, 0.3) is 0 Å². The Morgan fingerprint density at radius 2 is 1.60 bits per heavy atom. The summed E-state index contributed by atoms with van der Waals surface area (Å²) in [6.45, 7) is 0.0835. The van der Waals surface area contributed by atoms with Crippen LogP contribution in [0.15, 0.2) is 78.9 Å². The number of urea groups is 1. The Balaban J connectivity index is 1.38. The van der Waals surface area contributed by atoms with Gasteiger partial charge >= 0.3 is 12.0 Å². The van der Waals surface area contributed by atoms with Crippen molar-refractivity contribution in [1.82, 2.24) is 5.32 Å². The Bertz CT molecular complexity index is 1410. The molecule has 4 amide bonds. The van der Waals surface area contributed by atoms with E-state index in [1.54, 1.807) is 54.4 Å². The van der Waals surface area contributed by atoms with Gasteiger partial charge in [-0.05, 0) is 54.3 Å². The minimum Gasteiger partial charge on any atom is -0.484 e. The van der Waals surface area contributed by atoms with E-state index in [1.165, 1.54) is 17.7 Å². The average molecular weight is 587 g/mol. The van der Waals surface area contributed by atoms with E-state index in [-0.39, 0.29) is 31.4 Å². The van der Waals surface area contributed by atoms with Crippen molar-refractivity contribution in [1.29, 1.82) is 0 Å². The van der Waals surface area contributed by atoms with Gasteiger partial charge in [-0.1, -0.05) is 62.1 Å². The van der Waals surface area contributed by atoms with Gasteiger partial charge in [-0.2, -0.15) is 0 Å². The van der Waals surface area contributed by atoms with Crippen LogP contribution in [0.4, 0.5) is 21.9 Å². The van der Waals surface area contributed by atoms with Crippen molar-refractivity contribution in [2.75, 3.05) is 41.9 Å². The number of ether oxygens (including phenoxy) is 1. The number of carboxylic acids is 1. The van der Waals surface area contributed by atoms with Crippen LogP contribution in [0.3, 0.4) is 0 Å². The molecule has 1 aliphatic rings. The van der Waals surface area contributed by atoms with E-state index < -0.39 is 12.0 Å². The molecule has 0 unspecified atom stereocenters. The number of hydrogen-bond donors (Lipinski definition) is 3. The van der Waals surface area contributed by atoms with E-state index in [4.69, 9.17) is 9.84 Å². The molecule has 0 saturated heterocycles. The molecule has 10 nitrogen and oxygen atoms in total. The number of amides is 4. The molecule has 0 aliphatic heterocycles. The molecule has 0 bridgehead atoms. The molecule has 0 atom stereocenters. The first-order valence-corrected chi connectivity index (χ1v) is 14.5. The zero-order valence-electron chi connectivity index (χ0n) is 24.3. The topological polar surface area (TPSA) is 128 Å². The summed E-state index contributed by atoms with van der Waals surface area (Å²) in [5, 5.41) is 14.3. The third kappa shape index (κ3) is 9.59. The van der Waals surface area contributed by atoms with Crippen molar-refractivity contribution in [3.8, 4) is 5.75 Å². The number of nitrogens with zero attached hydrogens (tertiary/aromatic N) is 2. The van der Waals surface area contributed by atoms with E-state index in [1.807, 2.05) is 36.4 Å². The Morgan fingerprint density at radius 3 is 2.35 bits per heavy atom. The van der Waals surface area contributed by atoms with E-state index >= 15 is 0 Å². The zero-order valence-corrected chi connectivity index (χ0v) is 24.3. The lowest BCUT2D eigenvalue weighted by Gasteiger charge is -2.25. The van der Waals surface area contributed by atoms with Crippen molar-refractivity contribution in [2.24, 2.45) is 5.92 Å². The first-order chi connectivity index (χ1) is 20.8. The van der Waals surface area contributed by atoms with Crippen LogP contribution >= 0.6 is 0 Å². The fraction of sp³-hybridized carbons (Fsp3) is 0.333. The van der Waals surface area contributed by atoms with Crippen LogP contribution in [0, 0.1) is 5.92 Å². The second kappa shape index (κ2) is 15.4. The van der Waals surface area contributed by atoms with E-state index in [0.29, 0.717) is 35.2 Å². The standard InChI is InChI=1S/C33H38N4O6/c1-36(27-13-3-2-4-14-27)31(39)23-43-29-16-8-15-28(21-29)37(18-17-24-9-5-6-10-24)30(38)22-34-33(42)35-26-12-7-11-25(19-26)20-32(40)41/h2-4,7-8,11-16,19,21,24H,5-6,9-10,17-18,20,22-23H2,1H3,(H,40,41)(H2,34,35,42). The third-order valence-electron chi connectivity index (χ3n) is 7.49. The third-order valence-corrected chi connectivity index (χ3v) is 7.49. The lowest BCUT2D eigenvalue weighted by molar-refractivity contribution is -0.136. The second-order valence-electron chi connectivity index (χ2n) is 10.6. The highest BCUT2D eigenvalue weighted by Gasteiger charge is 2.22. The highest BCUT2D eigenvalue weighted by atomic mass is 16.5. The maximum atomic E-state index is 13.4. The normalized spacial score (nSPS) is 12.8. The summed E-state index contributed by atoms with van der Waals surface area (Å²) in [5.74, 6) is -0.460. The summed E-state index contributed by atoms with van der Waals surface area (Å²) >= 11 is 0. The quantitative estimate of drug-likeness (QED) is 0.256. The van der Waals surface area contributed by atoms with Crippen molar-refractivity contribution in [3.05, 3.63) is 84.4 Å². The molecular weight excluding hydrogens is 548 g/mol. The van der Waals surface area contributed by atoms with Gasteiger partial charge in [0.1, 0.15) is 5.75 Å². The summed E-state index contributed by atoms with van der Waals surface area (Å²) < 4.78 is 5.81. The van der Waals surface area contributed by atoms with Crippen LogP contribution in [0.2, 0.25) is 0 Å². The number of carbonyl (C=O) groups excluding carboxylic acids is 3. The summed E-state index contributed by atoms with van der Waals surface area (Å²) in [5.41, 5.74) is 2.36. The number of anilines is 3. The van der Waals surface area contributed by atoms with Gasteiger partial charge in [0.05, 0.1) is 13.0 Å². The fourth-order valence-corrected chi connectivity index (χ4v) is 5.15. The monoisotopic (exact) mass is 586 g/mol. The first kappa shape index (κ1) is 31.1. The molecule has 226 valence electrons. The fourth-order valence-electron chi connectivity index (χ4n) is 5.15. The zero-order chi connectivity index (χ0) is 30.6. The molecule has 43 heavy (non-hydrogen) atoms. The Labute approximate surface area is 251 Å². The summed E-state index contributed by atoms with van der Waals surface area (Å²) in [4.78, 5) is 52.9. The molecule has 1 aliphatic carbocycles. The van der Waals surface area contributed by atoms with Gasteiger partial charge in [-0.15, -0.1) is 0 Å². The average Bonchev–Trinajstić information content (AvgIpc) is 3.53. The van der Waals surface area contributed by atoms with E-state index in [0.717, 1.165) is 24.9 Å². The molecule has 1 saturated carbocycles. The maximum Gasteiger partial charge on any atom is 0.319 e.